The van der Waals surface area contributed by atoms with Crippen LogP contribution in [-0.2, 0) is 16.1 Å². The molecule has 2 fully saturated rings. The maximum Gasteiger partial charge on any atom is 0.308 e. The van der Waals surface area contributed by atoms with E-state index in [-0.39, 0.29) is 34.7 Å². The highest BCUT2D eigenvalue weighted by atomic mass is 19.1. The van der Waals surface area contributed by atoms with Gasteiger partial charge in [-0.3, -0.25) is 9.59 Å². The van der Waals surface area contributed by atoms with Crippen LogP contribution >= 0.6 is 0 Å². The molecule has 5 nitrogen and oxygen atoms in total. The molecule has 1 heterocycles. The van der Waals surface area contributed by atoms with Crippen LogP contribution in [0.2, 0.25) is 0 Å². The van der Waals surface area contributed by atoms with Crippen LogP contribution in [0.4, 0.5) is 4.39 Å². The van der Waals surface area contributed by atoms with Crippen molar-refractivity contribution in [3.63, 3.8) is 0 Å². The predicted molar refractivity (Wildman–Crippen MR) is 118 cm³/mol. The summed E-state index contributed by atoms with van der Waals surface area (Å²) in [4.78, 5) is 24.9. The molecule has 0 saturated heterocycles. The molecule has 0 bridgehead atoms. The third-order valence-corrected chi connectivity index (χ3v) is 7.27. The van der Waals surface area contributed by atoms with E-state index in [1.807, 2.05) is 16.7 Å². The van der Waals surface area contributed by atoms with Crippen molar-refractivity contribution in [1.29, 1.82) is 0 Å². The number of aromatic nitrogens is 1. The van der Waals surface area contributed by atoms with Gasteiger partial charge in [0.05, 0.1) is 18.5 Å². The van der Waals surface area contributed by atoms with Crippen molar-refractivity contribution < 1.29 is 23.8 Å². The van der Waals surface area contributed by atoms with Gasteiger partial charge in [0.1, 0.15) is 11.6 Å². The molecule has 0 unspecified atom stereocenters. The summed E-state index contributed by atoms with van der Waals surface area (Å²) >= 11 is 0. The van der Waals surface area contributed by atoms with E-state index < -0.39 is 0 Å². The van der Waals surface area contributed by atoms with E-state index in [0.29, 0.717) is 35.3 Å². The van der Waals surface area contributed by atoms with Gasteiger partial charge in [-0.15, -0.1) is 0 Å². The van der Waals surface area contributed by atoms with E-state index >= 15 is 0 Å². The van der Waals surface area contributed by atoms with E-state index in [2.05, 4.69) is 0 Å². The highest BCUT2D eigenvalue weighted by Gasteiger charge is 2.55. The molecule has 0 aliphatic heterocycles. The largest absolute Gasteiger partial charge is 0.508 e. The number of esters is 1. The van der Waals surface area contributed by atoms with Crippen LogP contribution in [0.3, 0.4) is 0 Å². The van der Waals surface area contributed by atoms with Crippen molar-refractivity contribution in [2.45, 2.75) is 38.6 Å². The maximum atomic E-state index is 14.5. The average molecular weight is 435 g/mol. The molecule has 0 atom stereocenters. The maximum absolute atomic E-state index is 14.5. The summed E-state index contributed by atoms with van der Waals surface area (Å²) in [5, 5.41) is 9.95. The minimum atomic E-state index is -0.341. The predicted octanol–water partition coefficient (Wildman–Crippen LogP) is 5.09. The first-order valence-electron chi connectivity index (χ1n) is 11.0. The number of phenols is 1. The Morgan fingerprint density at radius 2 is 1.81 bits per heavy atom. The summed E-state index contributed by atoms with van der Waals surface area (Å²) in [6.07, 6.45) is 5.89. The molecule has 2 aliphatic carbocycles. The van der Waals surface area contributed by atoms with Gasteiger partial charge in [-0.05, 0) is 72.9 Å². The Bertz CT molecular complexity index is 1180. The number of methoxy groups -OCH3 is 1. The van der Waals surface area contributed by atoms with Crippen LogP contribution in [0.25, 0.3) is 10.9 Å². The average Bonchev–Trinajstić information content (AvgIpc) is 3.14. The number of carbonyl (C=O) groups is 2. The lowest BCUT2D eigenvalue weighted by molar-refractivity contribution is -0.161. The molecule has 0 amide bonds. The second-order valence-corrected chi connectivity index (χ2v) is 9.50. The first-order valence-corrected chi connectivity index (χ1v) is 11.0. The number of fused-ring (bicyclic) bond motifs is 1. The zero-order valence-electron chi connectivity index (χ0n) is 18.0. The van der Waals surface area contributed by atoms with Crippen molar-refractivity contribution in [2.75, 3.05) is 7.11 Å². The minimum absolute atomic E-state index is 0.0107. The first-order chi connectivity index (χ1) is 15.4. The lowest BCUT2D eigenvalue weighted by atomic mass is 9.47. The Morgan fingerprint density at radius 3 is 2.50 bits per heavy atom. The van der Waals surface area contributed by atoms with Crippen molar-refractivity contribution in [1.82, 2.24) is 4.57 Å². The highest BCUT2D eigenvalue weighted by Crippen LogP contribution is 2.62. The Hall–Kier alpha value is -3.15. The number of aromatic hydroxyl groups is 1. The number of carbonyl (C=O) groups excluding carboxylic acids is 2. The van der Waals surface area contributed by atoms with Crippen LogP contribution in [0.5, 0.6) is 5.75 Å². The zero-order chi connectivity index (χ0) is 22.5. The van der Waals surface area contributed by atoms with Crippen molar-refractivity contribution in [3.05, 3.63) is 65.6 Å². The lowest BCUT2D eigenvalue weighted by Gasteiger charge is -2.57. The monoisotopic (exact) mass is 435 g/mol. The number of halogens is 1. The minimum Gasteiger partial charge on any atom is -0.508 e. The van der Waals surface area contributed by atoms with Crippen molar-refractivity contribution in [2.24, 2.45) is 17.3 Å². The van der Waals surface area contributed by atoms with E-state index in [1.54, 1.807) is 30.5 Å². The van der Waals surface area contributed by atoms with Gasteiger partial charge in [-0.2, -0.15) is 0 Å². The molecule has 3 aromatic rings. The fourth-order valence-corrected chi connectivity index (χ4v) is 5.78. The number of rotatable bonds is 6. The Morgan fingerprint density at radius 1 is 1.09 bits per heavy atom. The fraction of sp³-hybridized carbons (Fsp3) is 0.385. The molecule has 1 N–H and O–H groups in total. The third-order valence-electron chi connectivity index (χ3n) is 7.27. The van der Waals surface area contributed by atoms with Gasteiger partial charge in [0.25, 0.3) is 0 Å². The zero-order valence-corrected chi connectivity index (χ0v) is 18.0. The second kappa shape index (κ2) is 7.76. The van der Waals surface area contributed by atoms with Crippen LogP contribution in [0, 0.1) is 23.1 Å². The molecule has 1 aromatic heterocycles. The third kappa shape index (κ3) is 3.57. The lowest BCUT2D eigenvalue weighted by Crippen LogP contribution is -2.50. The van der Waals surface area contributed by atoms with Gasteiger partial charge < -0.3 is 14.4 Å². The summed E-state index contributed by atoms with van der Waals surface area (Å²) < 4.78 is 21.2. The smallest absolute Gasteiger partial charge is 0.308 e. The van der Waals surface area contributed by atoms with Gasteiger partial charge in [-0.1, -0.05) is 12.1 Å². The normalized spacial score (nSPS) is 24.2. The molecule has 6 heteroatoms. The number of phenolic OH excluding ortho intramolecular Hbond substituents is 1. The SMILES string of the molecule is COC(=O)C1CC2(CC(CC(=O)c3ccc(F)c4ccn(Cc5ccc(O)cc5)c34)C2)C1. The Labute approximate surface area is 185 Å². The van der Waals surface area contributed by atoms with Crippen LogP contribution in [0.15, 0.2) is 48.7 Å². The summed E-state index contributed by atoms with van der Waals surface area (Å²) in [6, 6.07) is 11.5. The summed E-state index contributed by atoms with van der Waals surface area (Å²) in [5.41, 5.74) is 2.33. The molecule has 2 saturated carbocycles. The van der Waals surface area contributed by atoms with Crippen LogP contribution < -0.4 is 0 Å². The number of hydrogen-bond donors (Lipinski definition) is 1. The molecule has 32 heavy (non-hydrogen) atoms. The number of nitrogens with zero attached hydrogens (tertiary/aromatic N) is 1. The van der Waals surface area contributed by atoms with Crippen molar-refractivity contribution in [3.8, 4) is 5.75 Å². The van der Waals surface area contributed by atoms with Crippen LogP contribution in [-0.4, -0.2) is 28.5 Å². The van der Waals surface area contributed by atoms with Gasteiger partial charge >= 0.3 is 5.97 Å². The number of ether oxygens (including phenoxy) is 1. The second-order valence-electron chi connectivity index (χ2n) is 9.50. The van der Waals surface area contributed by atoms with Crippen molar-refractivity contribution >= 4 is 22.7 Å². The Kier molecular flexibility index (Phi) is 5.03. The molecule has 0 radical (unpaired) electrons. The summed E-state index contributed by atoms with van der Waals surface area (Å²) in [6.45, 7) is 0.481. The molecular weight excluding hydrogens is 409 g/mol. The van der Waals surface area contributed by atoms with Gasteiger partial charge in [0, 0.05) is 30.1 Å². The van der Waals surface area contributed by atoms with E-state index in [4.69, 9.17) is 4.74 Å². The molecular formula is C26H26FNO4. The first kappa shape index (κ1) is 20.7. The van der Waals surface area contributed by atoms with E-state index in [1.165, 1.54) is 13.2 Å². The van der Waals surface area contributed by atoms with E-state index in [0.717, 1.165) is 31.2 Å². The molecule has 2 aromatic carbocycles. The number of Topliss-reactive ketones (excluding diaryl/α,β-unsaturated/α-hetero) is 1. The molecule has 166 valence electrons. The van der Waals surface area contributed by atoms with Crippen LogP contribution in [0.1, 0.15) is 48.0 Å². The topological polar surface area (TPSA) is 68.5 Å². The van der Waals surface area contributed by atoms with E-state index in [9.17, 15) is 19.1 Å². The fourth-order valence-electron chi connectivity index (χ4n) is 5.78. The quantitative estimate of drug-likeness (QED) is 0.433. The Balaban J connectivity index is 1.31. The summed E-state index contributed by atoms with van der Waals surface area (Å²) in [7, 11) is 1.43. The van der Waals surface area contributed by atoms with Gasteiger partial charge in [-0.25, -0.2) is 4.39 Å². The van der Waals surface area contributed by atoms with Gasteiger partial charge in [0.15, 0.2) is 5.78 Å². The number of benzene rings is 2. The highest BCUT2D eigenvalue weighted by molar-refractivity contribution is 6.07. The van der Waals surface area contributed by atoms with Gasteiger partial charge in [0.2, 0.25) is 0 Å². The molecule has 5 rings (SSSR count). The summed E-state index contributed by atoms with van der Waals surface area (Å²) in [5.74, 6) is 0.0726. The molecule has 1 spiro atoms. The standard InChI is InChI=1S/C26H26FNO4/c1-32-25(31)18-13-26(14-18)11-17(12-26)10-23(30)21-6-7-22(27)20-8-9-28(24(20)21)15-16-2-4-19(29)5-3-16/h2-9,17-18,29H,10-15H2,1H3. The molecule has 2 aliphatic rings. The number of ketones is 1. The number of hydrogen-bond acceptors (Lipinski definition) is 4.